The number of aromatic nitrogens is 4. The third-order valence-corrected chi connectivity index (χ3v) is 7.95. The molecule has 5 rings (SSSR count). The number of nitrogens with one attached hydrogen (secondary N) is 1. The molecular formula is C22H22FN5O2S. The maximum absolute atomic E-state index is 14.2. The lowest BCUT2D eigenvalue weighted by molar-refractivity contribution is 0.393. The molecule has 0 amide bonds. The van der Waals surface area contributed by atoms with E-state index in [4.69, 9.17) is 0 Å². The number of nitrogens with zero attached hydrogens (tertiary/aromatic N) is 4. The van der Waals surface area contributed by atoms with E-state index in [1.807, 2.05) is 36.1 Å². The van der Waals surface area contributed by atoms with Gasteiger partial charge >= 0.3 is 0 Å². The van der Waals surface area contributed by atoms with E-state index in [1.165, 1.54) is 22.5 Å². The summed E-state index contributed by atoms with van der Waals surface area (Å²) in [5.41, 5.74) is 3.06. The smallest absolute Gasteiger partial charge is 0.246 e. The highest BCUT2D eigenvalue weighted by Crippen LogP contribution is 2.32. The molecule has 1 aliphatic heterocycles. The number of hydrogen-bond acceptors (Lipinski definition) is 4. The zero-order chi connectivity index (χ0) is 21.6. The normalized spacial score (nSPS) is 19.9. The monoisotopic (exact) mass is 439 g/mol. The SMILES string of the molecule is C[C@H]1C[C@@H](Cn2ncc3cc(-c4cn[nH]c4)ccc32)CN1S(=O)(=O)c1ccccc1F. The van der Waals surface area contributed by atoms with E-state index >= 15 is 0 Å². The Morgan fingerprint density at radius 3 is 2.77 bits per heavy atom. The largest absolute Gasteiger partial charge is 0.285 e. The molecule has 2 atom stereocenters. The topological polar surface area (TPSA) is 83.9 Å². The molecule has 0 bridgehead atoms. The van der Waals surface area contributed by atoms with Crippen molar-refractivity contribution in [2.75, 3.05) is 6.54 Å². The lowest BCUT2D eigenvalue weighted by Crippen LogP contribution is -2.34. The minimum absolute atomic E-state index is 0.0909. The quantitative estimate of drug-likeness (QED) is 0.514. The highest BCUT2D eigenvalue weighted by Gasteiger charge is 2.39. The number of rotatable bonds is 5. The van der Waals surface area contributed by atoms with Crippen molar-refractivity contribution in [3.63, 3.8) is 0 Å². The van der Waals surface area contributed by atoms with E-state index < -0.39 is 15.8 Å². The summed E-state index contributed by atoms with van der Waals surface area (Å²) >= 11 is 0. The highest BCUT2D eigenvalue weighted by atomic mass is 32.2. The molecule has 160 valence electrons. The molecule has 2 aromatic heterocycles. The molecule has 0 aliphatic carbocycles. The predicted molar refractivity (Wildman–Crippen MR) is 115 cm³/mol. The van der Waals surface area contributed by atoms with E-state index in [-0.39, 0.29) is 16.9 Å². The fraction of sp³-hybridized carbons (Fsp3) is 0.273. The summed E-state index contributed by atoms with van der Waals surface area (Å²) in [7, 11) is -3.88. The first-order valence-electron chi connectivity index (χ1n) is 10.1. The van der Waals surface area contributed by atoms with Gasteiger partial charge in [-0.3, -0.25) is 9.78 Å². The van der Waals surface area contributed by atoms with Gasteiger partial charge < -0.3 is 0 Å². The van der Waals surface area contributed by atoms with Crippen molar-refractivity contribution in [1.29, 1.82) is 0 Å². The van der Waals surface area contributed by atoms with Crippen LogP contribution in [0.5, 0.6) is 0 Å². The van der Waals surface area contributed by atoms with Crippen molar-refractivity contribution in [2.45, 2.75) is 30.8 Å². The number of benzene rings is 2. The Morgan fingerprint density at radius 1 is 1.16 bits per heavy atom. The molecule has 1 fully saturated rings. The van der Waals surface area contributed by atoms with Crippen LogP contribution in [-0.4, -0.2) is 45.3 Å². The van der Waals surface area contributed by atoms with Crippen LogP contribution in [0.25, 0.3) is 22.0 Å². The Hall–Kier alpha value is -3.04. The van der Waals surface area contributed by atoms with Gasteiger partial charge in [0.05, 0.1) is 17.9 Å². The van der Waals surface area contributed by atoms with E-state index in [0.29, 0.717) is 19.5 Å². The average molecular weight is 440 g/mol. The summed E-state index contributed by atoms with van der Waals surface area (Å²) in [6, 6.07) is 11.4. The van der Waals surface area contributed by atoms with Crippen LogP contribution in [-0.2, 0) is 16.6 Å². The Morgan fingerprint density at radius 2 is 2.00 bits per heavy atom. The zero-order valence-electron chi connectivity index (χ0n) is 16.9. The Bertz CT molecular complexity index is 1330. The van der Waals surface area contributed by atoms with Crippen molar-refractivity contribution in [3.8, 4) is 11.1 Å². The van der Waals surface area contributed by atoms with Crippen LogP contribution in [0.2, 0.25) is 0 Å². The van der Waals surface area contributed by atoms with E-state index in [9.17, 15) is 12.8 Å². The highest BCUT2D eigenvalue weighted by molar-refractivity contribution is 7.89. The van der Waals surface area contributed by atoms with Gasteiger partial charge in [-0.15, -0.1) is 0 Å². The van der Waals surface area contributed by atoms with E-state index in [1.54, 1.807) is 12.3 Å². The third kappa shape index (κ3) is 3.53. The minimum atomic E-state index is -3.88. The van der Waals surface area contributed by atoms with Gasteiger partial charge in [0.25, 0.3) is 0 Å². The number of H-pyrrole nitrogens is 1. The first-order chi connectivity index (χ1) is 14.9. The molecule has 9 heteroatoms. The number of aromatic amines is 1. The van der Waals surface area contributed by atoms with Gasteiger partial charge in [-0.1, -0.05) is 18.2 Å². The van der Waals surface area contributed by atoms with Crippen LogP contribution in [0.4, 0.5) is 4.39 Å². The Labute approximate surface area is 179 Å². The van der Waals surface area contributed by atoms with Gasteiger partial charge in [0.15, 0.2) is 0 Å². The van der Waals surface area contributed by atoms with Gasteiger partial charge in [-0.05, 0) is 49.1 Å². The van der Waals surface area contributed by atoms with Crippen molar-refractivity contribution in [3.05, 3.63) is 66.9 Å². The van der Waals surface area contributed by atoms with Crippen LogP contribution < -0.4 is 0 Å². The lowest BCUT2D eigenvalue weighted by Gasteiger charge is -2.21. The Balaban J connectivity index is 1.37. The molecule has 3 heterocycles. The molecule has 0 unspecified atom stereocenters. The summed E-state index contributed by atoms with van der Waals surface area (Å²) < 4.78 is 43.6. The molecule has 0 spiro atoms. The molecule has 2 aromatic carbocycles. The number of fused-ring (bicyclic) bond motifs is 1. The molecule has 1 N–H and O–H groups in total. The molecule has 1 saturated heterocycles. The summed E-state index contributed by atoms with van der Waals surface area (Å²) in [4.78, 5) is -0.265. The fourth-order valence-electron chi connectivity index (χ4n) is 4.42. The van der Waals surface area contributed by atoms with Crippen LogP contribution in [0.1, 0.15) is 13.3 Å². The van der Waals surface area contributed by atoms with Crippen LogP contribution in [0.3, 0.4) is 0 Å². The van der Waals surface area contributed by atoms with Crippen molar-refractivity contribution in [1.82, 2.24) is 24.3 Å². The summed E-state index contributed by atoms with van der Waals surface area (Å²) in [5, 5.41) is 12.4. The lowest BCUT2D eigenvalue weighted by atomic mass is 10.1. The third-order valence-electron chi connectivity index (χ3n) is 5.93. The van der Waals surface area contributed by atoms with Crippen LogP contribution in [0.15, 0.2) is 66.0 Å². The molecule has 7 nitrogen and oxygen atoms in total. The van der Waals surface area contributed by atoms with Crippen LogP contribution >= 0.6 is 0 Å². The standard InChI is InChI=1S/C22H22FN5O2S/c1-15-8-16(14-28(15)31(29,30)22-5-3-2-4-20(22)23)13-27-21-7-6-17(9-18(21)12-26-27)19-10-24-25-11-19/h2-7,9-12,15-16H,8,13-14H2,1H3,(H,24,25)/t15-,16-/m0/s1. The molecular weight excluding hydrogens is 417 g/mol. The summed E-state index contributed by atoms with van der Waals surface area (Å²) in [5.74, 6) is -0.627. The van der Waals surface area contributed by atoms with Gasteiger partial charge in [0, 0.05) is 36.3 Å². The van der Waals surface area contributed by atoms with Crippen molar-refractivity contribution >= 4 is 20.9 Å². The van der Waals surface area contributed by atoms with Crippen molar-refractivity contribution in [2.24, 2.45) is 5.92 Å². The van der Waals surface area contributed by atoms with Crippen LogP contribution in [0, 0.1) is 11.7 Å². The number of hydrogen-bond donors (Lipinski definition) is 1. The van der Waals surface area contributed by atoms with Gasteiger partial charge in [-0.25, -0.2) is 12.8 Å². The fourth-order valence-corrected chi connectivity index (χ4v) is 6.21. The second-order valence-electron chi connectivity index (χ2n) is 8.04. The summed E-state index contributed by atoms with van der Waals surface area (Å²) in [6.07, 6.45) is 6.14. The molecule has 0 radical (unpaired) electrons. The minimum Gasteiger partial charge on any atom is -0.285 e. The number of sulfonamides is 1. The first kappa shape index (κ1) is 19.9. The van der Waals surface area contributed by atoms with Gasteiger partial charge in [0.1, 0.15) is 10.7 Å². The first-order valence-corrected chi connectivity index (χ1v) is 11.6. The van der Waals surface area contributed by atoms with Crippen molar-refractivity contribution < 1.29 is 12.8 Å². The molecule has 4 aromatic rings. The Kier molecular flexibility index (Phi) is 4.86. The summed E-state index contributed by atoms with van der Waals surface area (Å²) in [6.45, 7) is 2.81. The second-order valence-corrected chi connectivity index (χ2v) is 9.90. The molecule has 31 heavy (non-hydrogen) atoms. The number of halogens is 1. The van der Waals surface area contributed by atoms with Gasteiger partial charge in [0.2, 0.25) is 10.0 Å². The van der Waals surface area contributed by atoms with Gasteiger partial charge in [-0.2, -0.15) is 14.5 Å². The second kappa shape index (κ2) is 7.58. The maximum atomic E-state index is 14.2. The maximum Gasteiger partial charge on any atom is 0.246 e. The average Bonchev–Trinajstić information content (AvgIpc) is 3.49. The van der Waals surface area contributed by atoms with E-state index in [2.05, 4.69) is 21.4 Å². The predicted octanol–water partition coefficient (Wildman–Crippen LogP) is 3.66. The molecule has 1 aliphatic rings. The zero-order valence-corrected chi connectivity index (χ0v) is 17.8. The van der Waals surface area contributed by atoms with E-state index in [0.717, 1.165) is 22.0 Å². The molecule has 0 saturated carbocycles.